The second-order valence-corrected chi connectivity index (χ2v) is 7.66. The minimum Gasteiger partial charge on any atom is -0.462 e. The van der Waals surface area contributed by atoms with Gasteiger partial charge in [0.2, 0.25) is 5.91 Å². The van der Waals surface area contributed by atoms with E-state index in [0.717, 1.165) is 12.8 Å². The van der Waals surface area contributed by atoms with Crippen LogP contribution in [0, 0.1) is 6.92 Å². The smallest absolute Gasteiger partial charge is 0.338 e. The van der Waals surface area contributed by atoms with Crippen LogP contribution < -0.4 is 10.9 Å². The first-order chi connectivity index (χ1) is 13.5. The van der Waals surface area contributed by atoms with E-state index in [1.165, 1.54) is 17.8 Å². The van der Waals surface area contributed by atoms with E-state index >= 15 is 0 Å². The topological polar surface area (TPSA) is 90.3 Å². The number of amides is 1. The summed E-state index contributed by atoms with van der Waals surface area (Å²) in [6.45, 7) is 4.22. The normalized spacial score (nSPS) is 15.1. The molecular formula is C20H23N3O4S. The molecule has 0 fully saturated rings. The predicted octanol–water partition coefficient (Wildman–Crippen LogP) is 3.18. The van der Waals surface area contributed by atoms with Crippen molar-refractivity contribution in [3.8, 4) is 0 Å². The lowest BCUT2D eigenvalue weighted by Crippen LogP contribution is -2.27. The number of aryl methyl sites for hydroxylation is 1. The highest BCUT2D eigenvalue weighted by atomic mass is 32.2. The van der Waals surface area contributed by atoms with Gasteiger partial charge in [0.25, 0.3) is 5.56 Å². The number of fused-ring (bicyclic) bond motifs is 1. The molecule has 0 radical (unpaired) electrons. The van der Waals surface area contributed by atoms with Gasteiger partial charge in [-0.1, -0.05) is 25.1 Å². The van der Waals surface area contributed by atoms with E-state index in [2.05, 4.69) is 10.3 Å². The predicted molar refractivity (Wildman–Crippen MR) is 108 cm³/mol. The van der Waals surface area contributed by atoms with E-state index in [1.807, 2.05) is 6.92 Å². The molecule has 1 N–H and O–H groups in total. The fourth-order valence-electron chi connectivity index (χ4n) is 2.92. The van der Waals surface area contributed by atoms with Crippen molar-refractivity contribution >= 4 is 29.3 Å². The van der Waals surface area contributed by atoms with E-state index in [4.69, 9.17) is 4.74 Å². The van der Waals surface area contributed by atoms with Gasteiger partial charge < -0.3 is 10.1 Å². The lowest BCUT2D eigenvalue weighted by atomic mass is 10.2. The highest BCUT2D eigenvalue weighted by Gasteiger charge is 2.27. The lowest BCUT2D eigenvalue weighted by Gasteiger charge is -2.13. The van der Waals surface area contributed by atoms with Crippen molar-refractivity contribution in [3.63, 3.8) is 0 Å². The van der Waals surface area contributed by atoms with Gasteiger partial charge in [-0.3, -0.25) is 14.2 Å². The first-order valence-electron chi connectivity index (χ1n) is 9.28. The summed E-state index contributed by atoms with van der Waals surface area (Å²) in [6, 6.07) is 7.86. The Labute approximate surface area is 167 Å². The fourth-order valence-corrected chi connectivity index (χ4v) is 4.12. The first kappa shape index (κ1) is 20.1. The van der Waals surface area contributed by atoms with Crippen molar-refractivity contribution in [2.24, 2.45) is 0 Å². The van der Waals surface area contributed by atoms with Crippen LogP contribution in [-0.2, 0) is 9.53 Å². The summed E-state index contributed by atoms with van der Waals surface area (Å²) in [5.41, 5.74) is 1.59. The SMILES string of the molecule is CCCCOC(=O)c1ccc(NC(=O)CC2CSc3nc(C)cc(=O)n32)cc1. The zero-order chi connectivity index (χ0) is 20.1. The van der Waals surface area contributed by atoms with Gasteiger partial charge in [-0.2, -0.15) is 0 Å². The minimum absolute atomic E-state index is 0.128. The molecule has 7 nitrogen and oxygen atoms in total. The van der Waals surface area contributed by atoms with Gasteiger partial charge >= 0.3 is 5.97 Å². The third-order valence-electron chi connectivity index (χ3n) is 4.37. The molecule has 8 heteroatoms. The zero-order valence-electron chi connectivity index (χ0n) is 15.9. The Kier molecular flexibility index (Phi) is 6.51. The van der Waals surface area contributed by atoms with Crippen LogP contribution >= 0.6 is 11.8 Å². The van der Waals surface area contributed by atoms with E-state index in [0.29, 0.717) is 34.5 Å². The number of aromatic nitrogens is 2. The molecule has 1 aromatic carbocycles. The molecule has 28 heavy (non-hydrogen) atoms. The number of benzene rings is 1. The average molecular weight is 401 g/mol. The summed E-state index contributed by atoms with van der Waals surface area (Å²) in [5.74, 6) is 0.0825. The fraction of sp³-hybridized carbons (Fsp3) is 0.400. The van der Waals surface area contributed by atoms with Gasteiger partial charge in [-0.25, -0.2) is 9.78 Å². The number of unbranched alkanes of at least 4 members (excludes halogenated alkanes) is 1. The Bertz CT molecular complexity index is 924. The van der Waals surface area contributed by atoms with Gasteiger partial charge in [-0.05, 0) is 37.6 Å². The molecule has 1 amide bonds. The third kappa shape index (κ3) is 4.81. The maximum atomic E-state index is 12.4. The van der Waals surface area contributed by atoms with Crippen LogP contribution in [0.15, 0.2) is 40.3 Å². The molecule has 2 heterocycles. The Morgan fingerprint density at radius 2 is 2.07 bits per heavy atom. The van der Waals surface area contributed by atoms with Crippen molar-refractivity contribution in [1.82, 2.24) is 9.55 Å². The van der Waals surface area contributed by atoms with E-state index in [-0.39, 0.29) is 29.9 Å². The molecule has 1 atom stereocenters. The molecule has 0 saturated carbocycles. The van der Waals surface area contributed by atoms with Crippen LogP contribution in [0.25, 0.3) is 0 Å². The third-order valence-corrected chi connectivity index (χ3v) is 5.47. The van der Waals surface area contributed by atoms with Crippen LogP contribution in [0.3, 0.4) is 0 Å². The Morgan fingerprint density at radius 3 is 2.79 bits per heavy atom. The number of anilines is 1. The Morgan fingerprint density at radius 1 is 1.32 bits per heavy atom. The van der Waals surface area contributed by atoms with Gasteiger partial charge in [0.1, 0.15) is 0 Å². The minimum atomic E-state index is -0.368. The molecular weight excluding hydrogens is 378 g/mol. The number of carbonyl (C=O) groups excluding carboxylic acids is 2. The highest BCUT2D eigenvalue weighted by Crippen LogP contribution is 2.32. The van der Waals surface area contributed by atoms with Crippen molar-refractivity contribution in [3.05, 3.63) is 51.9 Å². The molecule has 1 aromatic heterocycles. The van der Waals surface area contributed by atoms with Crippen molar-refractivity contribution in [1.29, 1.82) is 0 Å². The number of esters is 1. The molecule has 0 bridgehead atoms. The summed E-state index contributed by atoms with van der Waals surface area (Å²) in [5, 5.41) is 3.47. The molecule has 0 saturated heterocycles. The quantitative estimate of drug-likeness (QED) is 0.435. The second kappa shape index (κ2) is 9.05. The molecule has 1 aliphatic rings. The number of ether oxygens (including phenoxy) is 1. The summed E-state index contributed by atoms with van der Waals surface area (Å²) in [7, 11) is 0. The Hall–Kier alpha value is -2.61. The number of nitrogens with zero attached hydrogens (tertiary/aromatic N) is 2. The van der Waals surface area contributed by atoms with E-state index in [9.17, 15) is 14.4 Å². The number of rotatable bonds is 7. The standard InChI is InChI=1S/C20H23N3O4S/c1-3-4-9-27-19(26)14-5-7-15(8-6-14)22-17(24)11-16-12-28-20-21-13(2)10-18(25)23(16)20/h5-8,10,16H,3-4,9,11-12H2,1-2H3,(H,22,24). The van der Waals surface area contributed by atoms with Crippen LogP contribution in [0.2, 0.25) is 0 Å². The van der Waals surface area contributed by atoms with Crippen molar-refractivity contribution < 1.29 is 14.3 Å². The summed E-state index contributed by atoms with van der Waals surface area (Å²) in [4.78, 5) is 40.9. The number of hydrogen-bond acceptors (Lipinski definition) is 6. The van der Waals surface area contributed by atoms with Crippen LogP contribution in [0.5, 0.6) is 0 Å². The van der Waals surface area contributed by atoms with E-state index in [1.54, 1.807) is 35.8 Å². The van der Waals surface area contributed by atoms with E-state index < -0.39 is 0 Å². The molecule has 148 valence electrons. The average Bonchev–Trinajstić information content (AvgIpc) is 3.05. The maximum absolute atomic E-state index is 12.4. The molecule has 3 rings (SSSR count). The molecule has 1 aliphatic heterocycles. The first-order valence-corrected chi connectivity index (χ1v) is 10.3. The number of thioether (sulfide) groups is 1. The zero-order valence-corrected chi connectivity index (χ0v) is 16.8. The van der Waals surface area contributed by atoms with Crippen LogP contribution in [0.4, 0.5) is 5.69 Å². The van der Waals surface area contributed by atoms with Gasteiger partial charge in [0.15, 0.2) is 5.16 Å². The summed E-state index contributed by atoms with van der Waals surface area (Å²) >= 11 is 1.49. The van der Waals surface area contributed by atoms with Crippen molar-refractivity contribution in [2.75, 3.05) is 17.7 Å². The Balaban J connectivity index is 1.58. The summed E-state index contributed by atoms with van der Waals surface area (Å²) in [6.07, 6.45) is 1.98. The van der Waals surface area contributed by atoms with Crippen LogP contribution in [0.1, 0.15) is 48.3 Å². The molecule has 2 aromatic rings. The second-order valence-electron chi connectivity index (χ2n) is 6.67. The van der Waals surface area contributed by atoms with Gasteiger partial charge in [0.05, 0.1) is 18.2 Å². The highest BCUT2D eigenvalue weighted by molar-refractivity contribution is 7.99. The molecule has 0 aliphatic carbocycles. The number of carbonyl (C=O) groups is 2. The van der Waals surface area contributed by atoms with Gasteiger partial charge in [-0.15, -0.1) is 0 Å². The number of hydrogen-bond donors (Lipinski definition) is 1. The van der Waals surface area contributed by atoms with Crippen LogP contribution in [-0.4, -0.2) is 33.8 Å². The largest absolute Gasteiger partial charge is 0.462 e. The summed E-state index contributed by atoms with van der Waals surface area (Å²) < 4.78 is 6.75. The number of nitrogens with one attached hydrogen (secondary N) is 1. The molecule has 1 unspecified atom stereocenters. The van der Waals surface area contributed by atoms with Crippen molar-refractivity contribution in [2.45, 2.75) is 44.3 Å². The maximum Gasteiger partial charge on any atom is 0.338 e. The van der Waals surface area contributed by atoms with Gasteiger partial charge in [0, 0.05) is 29.6 Å². The monoisotopic (exact) mass is 401 g/mol. The lowest BCUT2D eigenvalue weighted by molar-refractivity contribution is -0.116. The molecule has 0 spiro atoms.